The number of pyridine rings is 1. The number of fused-ring (bicyclic) bond motifs is 1. The number of piperidine rings is 1. The van der Waals surface area contributed by atoms with Gasteiger partial charge in [0.15, 0.2) is 0 Å². The molecule has 0 radical (unpaired) electrons. The Hall–Kier alpha value is -3.05. The first-order chi connectivity index (χ1) is 13.9. The van der Waals surface area contributed by atoms with Crippen molar-refractivity contribution in [3.8, 4) is 11.6 Å². The average molecular weight is 370 g/mol. The second-order valence-corrected chi connectivity index (χ2v) is 7.37. The number of rotatable bonds is 4. The lowest BCUT2D eigenvalue weighted by molar-refractivity contribution is 0.187. The molecule has 4 aromatic rings. The van der Waals surface area contributed by atoms with E-state index in [9.17, 15) is 0 Å². The molecule has 0 amide bonds. The average Bonchev–Trinajstić information content (AvgIpc) is 3.25. The summed E-state index contributed by atoms with van der Waals surface area (Å²) in [4.78, 5) is 6.80. The van der Waals surface area contributed by atoms with Gasteiger partial charge in [-0.25, -0.2) is 0 Å². The van der Waals surface area contributed by atoms with Gasteiger partial charge in [-0.15, -0.1) is 10.2 Å². The van der Waals surface area contributed by atoms with Crippen molar-refractivity contribution in [1.82, 2.24) is 20.1 Å². The van der Waals surface area contributed by atoms with Crippen LogP contribution in [0.25, 0.3) is 22.4 Å². The number of nitrogens with zero attached hydrogens (tertiary/aromatic N) is 4. The third kappa shape index (κ3) is 3.41. The Morgan fingerprint density at radius 1 is 0.964 bits per heavy atom. The SMILES string of the molecule is c1ccc(-c2nnc(C3CCCN(Cc4cccc5ccccc45)C3)o2)nc1. The minimum Gasteiger partial charge on any atom is -0.419 e. The summed E-state index contributed by atoms with van der Waals surface area (Å²) in [5.74, 6) is 1.50. The van der Waals surface area contributed by atoms with E-state index in [1.165, 1.54) is 16.3 Å². The fourth-order valence-electron chi connectivity index (χ4n) is 4.06. The Bertz CT molecular complexity index is 1070. The lowest BCUT2D eigenvalue weighted by Crippen LogP contribution is -2.34. The van der Waals surface area contributed by atoms with Gasteiger partial charge >= 0.3 is 0 Å². The molecule has 0 N–H and O–H groups in total. The van der Waals surface area contributed by atoms with Gasteiger partial charge in [-0.1, -0.05) is 48.5 Å². The molecule has 5 heteroatoms. The molecule has 5 rings (SSSR count). The van der Waals surface area contributed by atoms with Gasteiger partial charge in [0.1, 0.15) is 5.69 Å². The molecule has 1 aliphatic heterocycles. The van der Waals surface area contributed by atoms with E-state index < -0.39 is 0 Å². The van der Waals surface area contributed by atoms with Crippen LogP contribution in [0.5, 0.6) is 0 Å². The van der Waals surface area contributed by atoms with E-state index in [0.717, 1.165) is 44.1 Å². The van der Waals surface area contributed by atoms with Gasteiger partial charge in [0, 0.05) is 19.3 Å². The predicted molar refractivity (Wildman–Crippen MR) is 109 cm³/mol. The molecule has 28 heavy (non-hydrogen) atoms. The molecule has 1 aliphatic rings. The van der Waals surface area contributed by atoms with Crippen LogP contribution in [0.4, 0.5) is 0 Å². The molecule has 1 unspecified atom stereocenters. The number of benzene rings is 2. The molecule has 0 saturated carbocycles. The highest BCUT2D eigenvalue weighted by atomic mass is 16.4. The van der Waals surface area contributed by atoms with E-state index in [4.69, 9.17) is 4.42 Å². The van der Waals surface area contributed by atoms with Gasteiger partial charge in [-0.2, -0.15) is 0 Å². The van der Waals surface area contributed by atoms with Crippen LogP contribution < -0.4 is 0 Å². The molecule has 140 valence electrons. The first kappa shape index (κ1) is 17.1. The van der Waals surface area contributed by atoms with E-state index >= 15 is 0 Å². The third-order valence-corrected chi connectivity index (χ3v) is 5.45. The molecular weight excluding hydrogens is 348 g/mol. The molecule has 1 saturated heterocycles. The monoisotopic (exact) mass is 370 g/mol. The van der Waals surface area contributed by atoms with E-state index in [-0.39, 0.29) is 5.92 Å². The lowest BCUT2D eigenvalue weighted by Gasteiger charge is -2.31. The van der Waals surface area contributed by atoms with E-state index in [0.29, 0.717) is 5.89 Å². The van der Waals surface area contributed by atoms with Crippen molar-refractivity contribution >= 4 is 10.8 Å². The quantitative estimate of drug-likeness (QED) is 0.523. The van der Waals surface area contributed by atoms with Crippen LogP contribution >= 0.6 is 0 Å². The summed E-state index contributed by atoms with van der Waals surface area (Å²) in [5.41, 5.74) is 2.10. The number of hydrogen-bond donors (Lipinski definition) is 0. The van der Waals surface area contributed by atoms with Gasteiger partial charge in [0.2, 0.25) is 5.89 Å². The standard InChI is InChI=1S/C23H22N4O/c1-2-11-20-17(7-1)8-5-9-18(20)15-27-14-6-10-19(16-27)22-25-26-23(28-22)21-12-3-4-13-24-21/h1-5,7-9,11-13,19H,6,10,14-16H2. The lowest BCUT2D eigenvalue weighted by atomic mass is 9.96. The number of aromatic nitrogens is 3. The minimum atomic E-state index is 0.272. The van der Waals surface area contributed by atoms with Crippen molar-refractivity contribution in [2.75, 3.05) is 13.1 Å². The third-order valence-electron chi connectivity index (χ3n) is 5.45. The van der Waals surface area contributed by atoms with Crippen molar-refractivity contribution in [2.45, 2.75) is 25.3 Å². The van der Waals surface area contributed by atoms with Crippen LogP contribution in [0.3, 0.4) is 0 Å². The van der Waals surface area contributed by atoms with Gasteiger partial charge in [-0.3, -0.25) is 9.88 Å². The highest BCUT2D eigenvalue weighted by Crippen LogP contribution is 2.29. The van der Waals surface area contributed by atoms with Crippen LogP contribution in [0.1, 0.15) is 30.2 Å². The Kier molecular flexibility index (Phi) is 4.59. The van der Waals surface area contributed by atoms with Crippen molar-refractivity contribution in [3.63, 3.8) is 0 Å². The number of hydrogen-bond acceptors (Lipinski definition) is 5. The Balaban J connectivity index is 1.33. The largest absolute Gasteiger partial charge is 0.419 e. The predicted octanol–water partition coefficient (Wildman–Crippen LogP) is 4.66. The van der Waals surface area contributed by atoms with Crippen LogP contribution in [-0.2, 0) is 6.54 Å². The number of likely N-dealkylation sites (tertiary alicyclic amines) is 1. The molecule has 2 aromatic carbocycles. The maximum Gasteiger partial charge on any atom is 0.266 e. The fraction of sp³-hybridized carbons (Fsp3) is 0.261. The Morgan fingerprint density at radius 2 is 1.86 bits per heavy atom. The maximum absolute atomic E-state index is 5.97. The molecule has 5 nitrogen and oxygen atoms in total. The van der Waals surface area contributed by atoms with Gasteiger partial charge in [-0.05, 0) is 47.9 Å². The van der Waals surface area contributed by atoms with Crippen LogP contribution in [0.2, 0.25) is 0 Å². The van der Waals surface area contributed by atoms with Gasteiger partial charge in [0.05, 0.1) is 5.92 Å². The first-order valence-electron chi connectivity index (χ1n) is 9.80. The molecule has 0 aliphatic carbocycles. The summed E-state index contributed by atoms with van der Waals surface area (Å²) in [6.45, 7) is 2.98. The van der Waals surface area contributed by atoms with Crippen LogP contribution in [0, 0.1) is 0 Å². The molecule has 0 spiro atoms. The first-order valence-corrected chi connectivity index (χ1v) is 9.80. The Labute approximate surface area is 164 Å². The molecule has 3 heterocycles. The van der Waals surface area contributed by atoms with Crippen molar-refractivity contribution in [3.05, 3.63) is 78.3 Å². The second-order valence-electron chi connectivity index (χ2n) is 7.37. The van der Waals surface area contributed by atoms with Crippen molar-refractivity contribution in [2.24, 2.45) is 0 Å². The highest BCUT2D eigenvalue weighted by molar-refractivity contribution is 5.85. The smallest absolute Gasteiger partial charge is 0.266 e. The topological polar surface area (TPSA) is 55.1 Å². The van der Waals surface area contributed by atoms with Gasteiger partial charge < -0.3 is 4.42 Å². The second kappa shape index (κ2) is 7.52. The van der Waals surface area contributed by atoms with E-state index in [1.807, 2.05) is 18.2 Å². The summed E-state index contributed by atoms with van der Waals surface area (Å²) in [6.07, 6.45) is 3.96. The zero-order chi connectivity index (χ0) is 18.8. The molecule has 2 aromatic heterocycles. The summed E-state index contributed by atoms with van der Waals surface area (Å²) < 4.78 is 5.97. The van der Waals surface area contributed by atoms with Crippen molar-refractivity contribution < 1.29 is 4.42 Å². The van der Waals surface area contributed by atoms with Crippen molar-refractivity contribution in [1.29, 1.82) is 0 Å². The fourth-order valence-corrected chi connectivity index (χ4v) is 4.06. The molecular formula is C23H22N4O. The summed E-state index contributed by atoms with van der Waals surface area (Å²) in [7, 11) is 0. The van der Waals surface area contributed by atoms with E-state index in [2.05, 4.69) is 62.5 Å². The normalized spacial score (nSPS) is 17.8. The van der Waals surface area contributed by atoms with Gasteiger partial charge in [0.25, 0.3) is 5.89 Å². The maximum atomic E-state index is 5.97. The Morgan fingerprint density at radius 3 is 2.79 bits per heavy atom. The summed E-state index contributed by atoms with van der Waals surface area (Å²) in [6, 6.07) is 20.9. The summed E-state index contributed by atoms with van der Waals surface area (Å²) in [5, 5.41) is 11.2. The molecule has 1 fully saturated rings. The zero-order valence-electron chi connectivity index (χ0n) is 15.7. The van der Waals surface area contributed by atoms with Crippen LogP contribution in [-0.4, -0.2) is 33.2 Å². The highest BCUT2D eigenvalue weighted by Gasteiger charge is 2.26. The van der Waals surface area contributed by atoms with Crippen LogP contribution in [0.15, 0.2) is 71.3 Å². The molecule has 0 bridgehead atoms. The molecule has 1 atom stereocenters. The zero-order valence-corrected chi connectivity index (χ0v) is 15.7. The summed E-state index contributed by atoms with van der Waals surface area (Å²) >= 11 is 0. The van der Waals surface area contributed by atoms with E-state index in [1.54, 1.807) is 6.20 Å². The minimum absolute atomic E-state index is 0.272.